The Bertz CT molecular complexity index is 424. The molecule has 2 atom stereocenters. The summed E-state index contributed by atoms with van der Waals surface area (Å²) in [6.07, 6.45) is 0.941. The highest BCUT2D eigenvalue weighted by molar-refractivity contribution is 5.83. The molecular formula is C14H19NO2. The van der Waals surface area contributed by atoms with Crippen LogP contribution in [0.15, 0.2) is 24.3 Å². The van der Waals surface area contributed by atoms with Gasteiger partial charge in [0.05, 0.1) is 7.11 Å². The molecule has 0 N–H and O–H groups in total. The predicted octanol–water partition coefficient (Wildman–Crippen LogP) is 2.06. The van der Waals surface area contributed by atoms with E-state index in [-0.39, 0.29) is 17.2 Å². The summed E-state index contributed by atoms with van der Waals surface area (Å²) in [5.41, 5.74) is 1.23. The normalized spacial score (nSPS) is 26.5. The molecule has 1 aromatic carbocycles. The standard InChI is InChI=1S/C14H19NO2/c1-14(9-12(14)13(16)15(2)3)10-5-7-11(17-4)8-6-10/h5-8,12H,9H2,1-4H3/t12-,14-/m1/s1. The van der Waals surface area contributed by atoms with E-state index in [0.717, 1.165) is 12.2 Å². The maximum Gasteiger partial charge on any atom is 0.226 e. The molecule has 17 heavy (non-hydrogen) atoms. The first-order chi connectivity index (χ1) is 7.99. The fraction of sp³-hybridized carbons (Fsp3) is 0.500. The molecule has 92 valence electrons. The van der Waals surface area contributed by atoms with E-state index in [1.165, 1.54) is 5.56 Å². The molecule has 1 saturated carbocycles. The van der Waals surface area contributed by atoms with E-state index in [1.54, 1.807) is 12.0 Å². The third-order valence-electron chi connectivity index (χ3n) is 3.73. The van der Waals surface area contributed by atoms with Gasteiger partial charge < -0.3 is 9.64 Å². The van der Waals surface area contributed by atoms with E-state index in [1.807, 2.05) is 26.2 Å². The van der Waals surface area contributed by atoms with Crippen molar-refractivity contribution < 1.29 is 9.53 Å². The zero-order valence-electron chi connectivity index (χ0n) is 10.9. The average Bonchev–Trinajstić information content (AvgIpc) is 3.02. The Morgan fingerprint density at radius 2 is 1.94 bits per heavy atom. The summed E-state index contributed by atoms with van der Waals surface area (Å²) in [4.78, 5) is 13.6. The highest BCUT2D eigenvalue weighted by atomic mass is 16.5. The second kappa shape index (κ2) is 4.06. The first-order valence-electron chi connectivity index (χ1n) is 5.85. The highest BCUT2D eigenvalue weighted by Gasteiger charge is 2.55. The van der Waals surface area contributed by atoms with Crippen LogP contribution in [-0.4, -0.2) is 32.0 Å². The largest absolute Gasteiger partial charge is 0.497 e. The Morgan fingerprint density at radius 3 is 2.41 bits per heavy atom. The number of carbonyl (C=O) groups is 1. The van der Waals surface area contributed by atoms with Gasteiger partial charge in [0.25, 0.3) is 0 Å². The molecule has 3 nitrogen and oxygen atoms in total. The van der Waals surface area contributed by atoms with Gasteiger partial charge in [0, 0.05) is 25.4 Å². The van der Waals surface area contributed by atoms with Gasteiger partial charge >= 0.3 is 0 Å². The van der Waals surface area contributed by atoms with Crippen LogP contribution in [0.3, 0.4) is 0 Å². The van der Waals surface area contributed by atoms with E-state index in [0.29, 0.717) is 0 Å². The zero-order valence-corrected chi connectivity index (χ0v) is 10.9. The average molecular weight is 233 g/mol. The van der Waals surface area contributed by atoms with Gasteiger partial charge in [-0.15, -0.1) is 0 Å². The Labute approximate surface area is 102 Å². The van der Waals surface area contributed by atoms with Gasteiger partial charge in [-0.25, -0.2) is 0 Å². The van der Waals surface area contributed by atoms with Gasteiger partial charge in [0.2, 0.25) is 5.91 Å². The first-order valence-corrected chi connectivity index (χ1v) is 5.85. The van der Waals surface area contributed by atoms with E-state index in [9.17, 15) is 4.79 Å². The minimum atomic E-state index is 0.00756. The topological polar surface area (TPSA) is 29.5 Å². The lowest BCUT2D eigenvalue weighted by Crippen LogP contribution is -2.26. The number of carbonyl (C=O) groups excluding carboxylic acids is 1. The molecule has 0 unspecified atom stereocenters. The lowest BCUT2D eigenvalue weighted by Gasteiger charge is -2.15. The Hall–Kier alpha value is -1.51. The number of rotatable bonds is 3. The lowest BCUT2D eigenvalue weighted by molar-refractivity contribution is -0.130. The van der Waals surface area contributed by atoms with Crippen LogP contribution in [0, 0.1) is 5.92 Å². The number of amides is 1. The Balaban J connectivity index is 2.16. The number of hydrogen-bond donors (Lipinski definition) is 0. The molecule has 1 aliphatic carbocycles. The quantitative estimate of drug-likeness (QED) is 0.799. The molecule has 2 rings (SSSR count). The second-order valence-corrected chi connectivity index (χ2v) is 5.14. The van der Waals surface area contributed by atoms with Crippen molar-refractivity contribution in [3.8, 4) is 5.75 Å². The summed E-state index contributed by atoms with van der Waals surface area (Å²) < 4.78 is 5.14. The van der Waals surface area contributed by atoms with Crippen molar-refractivity contribution in [2.24, 2.45) is 5.92 Å². The fourth-order valence-electron chi connectivity index (χ4n) is 2.33. The molecule has 0 aromatic heterocycles. The van der Waals surface area contributed by atoms with Crippen LogP contribution < -0.4 is 4.74 Å². The molecule has 1 aliphatic rings. The van der Waals surface area contributed by atoms with Crippen LogP contribution in [0.4, 0.5) is 0 Å². The lowest BCUT2D eigenvalue weighted by atomic mass is 9.95. The molecule has 1 fully saturated rings. The number of nitrogens with zero attached hydrogens (tertiary/aromatic N) is 1. The van der Waals surface area contributed by atoms with Crippen LogP contribution in [0.1, 0.15) is 18.9 Å². The predicted molar refractivity (Wildman–Crippen MR) is 67.1 cm³/mol. The van der Waals surface area contributed by atoms with E-state index >= 15 is 0 Å². The summed E-state index contributed by atoms with van der Waals surface area (Å²) in [6.45, 7) is 2.15. The van der Waals surface area contributed by atoms with E-state index < -0.39 is 0 Å². The van der Waals surface area contributed by atoms with Crippen LogP contribution >= 0.6 is 0 Å². The Morgan fingerprint density at radius 1 is 1.35 bits per heavy atom. The Kier molecular flexibility index (Phi) is 2.86. The molecule has 1 amide bonds. The number of ether oxygens (including phenoxy) is 1. The summed E-state index contributed by atoms with van der Waals surface area (Å²) >= 11 is 0. The van der Waals surface area contributed by atoms with Gasteiger partial charge in [-0.2, -0.15) is 0 Å². The van der Waals surface area contributed by atoms with Crippen molar-refractivity contribution >= 4 is 5.91 Å². The van der Waals surface area contributed by atoms with Gasteiger partial charge in [-0.3, -0.25) is 4.79 Å². The molecule has 1 aromatic rings. The second-order valence-electron chi connectivity index (χ2n) is 5.14. The van der Waals surface area contributed by atoms with Gasteiger partial charge in [0.1, 0.15) is 5.75 Å². The summed E-state index contributed by atoms with van der Waals surface area (Å²) in [6, 6.07) is 8.02. The summed E-state index contributed by atoms with van der Waals surface area (Å²) in [7, 11) is 5.29. The number of methoxy groups -OCH3 is 1. The van der Waals surface area contributed by atoms with Crippen molar-refractivity contribution in [3.63, 3.8) is 0 Å². The van der Waals surface area contributed by atoms with Gasteiger partial charge in [0.15, 0.2) is 0 Å². The van der Waals surface area contributed by atoms with Crippen molar-refractivity contribution in [1.82, 2.24) is 4.90 Å². The maximum absolute atomic E-state index is 11.9. The van der Waals surface area contributed by atoms with Crippen LogP contribution in [0.5, 0.6) is 5.75 Å². The van der Waals surface area contributed by atoms with E-state index in [2.05, 4.69) is 19.1 Å². The van der Waals surface area contributed by atoms with E-state index in [4.69, 9.17) is 4.74 Å². The first kappa shape index (κ1) is 12.0. The fourth-order valence-corrected chi connectivity index (χ4v) is 2.33. The van der Waals surface area contributed by atoms with Crippen molar-refractivity contribution in [1.29, 1.82) is 0 Å². The SMILES string of the molecule is COc1ccc([C@@]2(C)C[C@@H]2C(=O)N(C)C)cc1. The third-order valence-corrected chi connectivity index (χ3v) is 3.73. The molecule has 0 saturated heterocycles. The highest BCUT2D eigenvalue weighted by Crippen LogP contribution is 2.54. The molecule has 0 aliphatic heterocycles. The van der Waals surface area contributed by atoms with Gasteiger partial charge in [-0.1, -0.05) is 19.1 Å². The summed E-state index contributed by atoms with van der Waals surface area (Å²) in [5.74, 6) is 1.21. The molecule has 0 bridgehead atoms. The van der Waals surface area contributed by atoms with Crippen molar-refractivity contribution in [2.75, 3.05) is 21.2 Å². The van der Waals surface area contributed by atoms with Crippen molar-refractivity contribution in [3.05, 3.63) is 29.8 Å². The zero-order chi connectivity index (χ0) is 12.6. The van der Waals surface area contributed by atoms with Crippen LogP contribution in [-0.2, 0) is 10.2 Å². The maximum atomic E-state index is 11.9. The van der Waals surface area contributed by atoms with Gasteiger partial charge in [-0.05, 0) is 24.1 Å². The van der Waals surface area contributed by atoms with Crippen LogP contribution in [0.2, 0.25) is 0 Å². The molecular weight excluding hydrogens is 214 g/mol. The molecule has 0 radical (unpaired) electrons. The third kappa shape index (κ3) is 2.02. The molecule has 3 heteroatoms. The number of benzene rings is 1. The number of hydrogen-bond acceptors (Lipinski definition) is 2. The minimum Gasteiger partial charge on any atom is -0.497 e. The summed E-state index contributed by atoms with van der Waals surface area (Å²) in [5, 5.41) is 0. The van der Waals surface area contributed by atoms with Crippen LogP contribution in [0.25, 0.3) is 0 Å². The molecule has 0 heterocycles. The molecule has 0 spiro atoms. The smallest absolute Gasteiger partial charge is 0.226 e. The minimum absolute atomic E-state index is 0.00756. The van der Waals surface area contributed by atoms with Crippen molar-refractivity contribution in [2.45, 2.75) is 18.8 Å². The monoisotopic (exact) mass is 233 g/mol.